The standard InChI is InChI=1S/C37H31N3.C9H10/c1-3-15-35(38-32(4-2)26-16-7-5-8-17-26)40-34-23-14-12-21-29(34)31-25-24-30-28-20-11-13-22-33(28)39(36(30)37(31)40)27-18-9-6-10-19-27;1-8(2)9-6-4-3-5-7-9/h4-14,16-25H,3,15H2,1-2H3;3-7H,1H2,2H3/b32-4-,38-35?;. The normalized spacial score (nSPS) is 12.1. The van der Waals surface area contributed by atoms with Crippen molar-refractivity contribution in [1.29, 1.82) is 0 Å². The molecular weight excluding hydrogens is 595 g/mol. The van der Waals surface area contributed by atoms with Crippen molar-refractivity contribution in [2.75, 3.05) is 0 Å². The zero-order chi connectivity index (χ0) is 33.7. The summed E-state index contributed by atoms with van der Waals surface area (Å²) >= 11 is 0. The molecule has 0 aliphatic heterocycles. The minimum atomic E-state index is 0.861. The van der Waals surface area contributed by atoms with E-state index >= 15 is 0 Å². The van der Waals surface area contributed by atoms with E-state index < -0.39 is 0 Å². The van der Waals surface area contributed by atoms with Crippen molar-refractivity contribution in [2.45, 2.75) is 33.6 Å². The first kappa shape index (κ1) is 31.7. The summed E-state index contributed by atoms with van der Waals surface area (Å²) in [4.78, 5) is 5.39. The number of aliphatic imine (C=N–C) groups is 1. The number of fused-ring (bicyclic) bond motifs is 7. The molecule has 8 rings (SSSR count). The van der Waals surface area contributed by atoms with Crippen molar-refractivity contribution in [3.8, 4) is 5.69 Å². The van der Waals surface area contributed by atoms with Crippen LogP contribution in [0.1, 0.15) is 44.7 Å². The smallest absolute Gasteiger partial charge is 0.114 e. The lowest BCUT2D eigenvalue weighted by Gasteiger charge is -2.15. The van der Waals surface area contributed by atoms with Gasteiger partial charge in [-0.05, 0) is 55.7 Å². The Morgan fingerprint density at radius 2 is 1.10 bits per heavy atom. The van der Waals surface area contributed by atoms with Crippen LogP contribution in [0.5, 0.6) is 0 Å². The van der Waals surface area contributed by atoms with Gasteiger partial charge in [0.05, 0.1) is 27.8 Å². The summed E-state index contributed by atoms with van der Waals surface area (Å²) in [5.41, 5.74) is 10.4. The lowest BCUT2D eigenvalue weighted by atomic mass is 10.1. The fourth-order valence-corrected chi connectivity index (χ4v) is 6.82. The van der Waals surface area contributed by atoms with Gasteiger partial charge in [0.15, 0.2) is 0 Å². The van der Waals surface area contributed by atoms with Crippen molar-refractivity contribution < 1.29 is 0 Å². The van der Waals surface area contributed by atoms with E-state index in [0.29, 0.717) is 0 Å². The van der Waals surface area contributed by atoms with Gasteiger partial charge in [-0.15, -0.1) is 0 Å². The van der Waals surface area contributed by atoms with E-state index in [1.165, 1.54) is 49.2 Å². The van der Waals surface area contributed by atoms with Crippen LogP contribution in [-0.2, 0) is 0 Å². The molecule has 0 amide bonds. The van der Waals surface area contributed by atoms with Gasteiger partial charge >= 0.3 is 0 Å². The molecule has 3 nitrogen and oxygen atoms in total. The third-order valence-electron chi connectivity index (χ3n) is 9.07. The number of nitrogens with zero attached hydrogens (tertiary/aromatic N) is 3. The molecule has 0 fully saturated rings. The summed E-state index contributed by atoms with van der Waals surface area (Å²) in [6.45, 7) is 10.1. The van der Waals surface area contributed by atoms with E-state index in [4.69, 9.17) is 4.99 Å². The zero-order valence-electron chi connectivity index (χ0n) is 28.5. The lowest BCUT2D eigenvalue weighted by molar-refractivity contribution is 0.958. The molecule has 0 spiro atoms. The van der Waals surface area contributed by atoms with Crippen molar-refractivity contribution >= 4 is 60.7 Å². The van der Waals surface area contributed by atoms with Gasteiger partial charge in [-0.2, -0.15) is 0 Å². The predicted octanol–water partition coefficient (Wildman–Crippen LogP) is 12.7. The number of para-hydroxylation sites is 3. The van der Waals surface area contributed by atoms with Crippen LogP contribution in [0.2, 0.25) is 0 Å². The lowest BCUT2D eigenvalue weighted by Crippen LogP contribution is -2.12. The second-order valence-corrected chi connectivity index (χ2v) is 12.4. The van der Waals surface area contributed by atoms with Crippen LogP contribution in [0, 0.1) is 0 Å². The largest absolute Gasteiger partial charge is 0.307 e. The Labute approximate surface area is 288 Å². The highest BCUT2D eigenvalue weighted by atomic mass is 15.1. The van der Waals surface area contributed by atoms with E-state index in [-0.39, 0.29) is 0 Å². The molecule has 0 N–H and O–H groups in total. The van der Waals surface area contributed by atoms with Gasteiger partial charge in [-0.3, -0.25) is 4.57 Å². The number of rotatable bonds is 6. The molecular formula is C46H41N3. The van der Waals surface area contributed by atoms with Gasteiger partial charge in [0, 0.05) is 33.7 Å². The molecule has 0 aliphatic rings. The third kappa shape index (κ3) is 6.00. The molecule has 0 saturated carbocycles. The number of hydrogen-bond donors (Lipinski definition) is 0. The number of allylic oxidation sites excluding steroid dienone is 2. The first-order valence-corrected chi connectivity index (χ1v) is 17.1. The Morgan fingerprint density at radius 3 is 1.67 bits per heavy atom. The van der Waals surface area contributed by atoms with Gasteiger partial charge in [0.2, 0.25) is 0 Å². The van der Waals surface area contributed by atoms with Crippen LogP contribution in [0.4, 0.5) is 0 Å². The van der Waals surface area contributed by atoms with Gasteiger partial charge in [0.25, 0.3) is 0 Å². The molecule has 8 aromatic rings. The first-order valence-electron chi connectivity index (χ1n) is 17.1. The van der Waals surface area contributed by atoms with Crippen LogP contribution >= 0.6 is 0 Å². The number of aromatic nitrogens is 2. The molecule has 0 aliphatic carbocycles. The molecule has 0 saturated heterocycles. The van der Waals surface area contributed by atoms with Crippen LogP contribution in [0.15, 0.2) is 169 Å². The molecule has 0 atom stereocenters. The maximum atomic E-state index is 5.39. The summed E-state index contributed by atoms with van der Waals surface area (Å²) < 4.78 is 4.86. The van der Waals surface area contributed by atoms with E-state index in [9.17, 15) is 0 Å². The Balaban J connectivity index is 0.000000367. The maximum absolute atomic E-state index is 5.39. The monoisotopic (exact) mass is 635 g/mol. The fraction of sp³-hybridized carbons (Fsp3) is 0.109. The molecule has 0 unspecified atom stereocenters. The molecule has 2 aromatic heterocycles. The Morgan fingerprint density at radius 1 is 0.592 bits per heavy atom. The minimum absolute atomic E-state index is 0.861. The molecule has 0 bridgehead atoms. The Hall–Kier alpha value is -5.93. The van der Waals surface area contributed by atoms with E-state index in [2.05, 4.69) is 169 Å². The molecule has 3 heteroatoms. The predicted molar refractivity (Wildman–Crippen MR) is 213 cm³/mol. The second kappa shape index (κ2) is 14.0. The number of benzene rings is 6. The van der Waals surface area contributed by atoms with Crippen molar-refractivity contribution in [3.05, 3.63) is 175 Å². The molecule has 0 radical (unpaired) electrons. The van der Waals surface area contributed by atoms with Gasteiger partial charge in [0.1, 0.15) is 5.84 Å². The van der Waals surface area contributed by atoms with Crippen LogP contribution in [0.3, 0.4) is 0 Å². The van der Waals surface area contributed by atoms with E-state index in [1.54, 1.807) is 0 Å². The summed E-state index contributed by atoms with van der Waals surface area (Å²) in [6, 6.07) is 53.5. The van der Waals surface area contributed by atoms with Gasteiger partial charge in [-0.25, -0.2) is 4.99 Å². The molecule has 2 heterocycles. The summed E-state index contributed by atoms with van der Waals surface area (Å²) in [5, 5.41) is 5.00. The summed E-state index contributed by atoms with van der Waals surface area (Å²) in [5.74, 6) is 1.06. The molecule has 6 aromatic carbocycles. The van der Waals surface area contributed by atoms with E-state index in [0.717, 1.165) is 41.2 Å². The van der Waals surface area contributed by atoms with Crippen LogP contribution < -0.4 is 0 Å². The maximum Gasteiger partial charge on any atom is 0.114 e. The fourth-order valence-electron chi connectivity index (χ4n) is 6.82. The number of hydrogen-bond acceptors (Lipinski definition) is 1. The zero-order valence-corrected chi connectivity index (χ0v) is 28.5. The Kier molecular flexibility index (Phi) is 9.08. The highest BCUT2D eigenvalue weighted by Gasteiger charge is 2.22. The van der Waals surface area contributed by atoms with Gasteiger partial charge < -0.3 is 4.57 Å². The molecule has 240 valence electrons. The minimum Gasteiger partial charge on any atom is -0.307 e. The van der Waals surface area contributed by atoms with E-state index in [1.807, 2.05) is 25.1 Å². The van der Waals surface area contributed by atoms with Crippen LogP contribution in [0.25, 0.3) is 60.6 Å². The van der Waals surface area contributed by atoms with Crippen molar-refractivity contribution in [1.82, 2.24) is 9.13 Å². The van der Waals surface area contributed by atoms with Crippen LogP contribution in [-0.4, -0.2) is 15.0 Å². The third-order valence-corrected chi connectivity index (χ3v) is 9.07. The Bertz CT molecular complexity index is 2460. The summed E-state index contributed by atoms with van der Waals surface area (Å²) in [6.07, 6.45) is 3.98. The first-order chi connectivity index (χ1) is 24.1. The second-order valence-electron chi connectivity index (χ2n) is 12.4. The topological polar surface area (TPSA) is 22.2 Å². The molecule has 49 heavy (non-hydrogen) atoms. The average Bonchev–Trinajstić information content (AvgIpc) is 3.68. The van der Waals surface area contributed by atoms with Gasteiger partial charge in [-0.1, -0.05) is 153 Å². The highest BCUT2D eigenvalue weighted by molar-refractivity contribution is 6.26. The average molecular weight is 636 g/mol. The van der Waals surface area contributed by atoms with Crippen molar-refractivity contribution in [3.63, 3.8) is 0 Å². The van der Waals surface area contributed by atoms with Crippen molar-refractivity contribution in [2.24, 2.45) is 4.99 Å². The highest BCUT2D eigenvalue weighted by Crippen LogP contribution is 2.40. The quantitative estimate of drug-likeness (QED) is 0.128. The SMILES string of the molecule is C/C=C(\N=C(CCC)n1c2ccccc2c2ccc3c4ccccc4n(-c4ccccc4)c3c21)c1ccccc1.C=C(C)c1ccccc1. The summed E-state index contributed by atoms with van der Waals surface area (Å²) in [7, 11) is 0.